The number of hydrogen-bond acceptors (Lipinski definition) is 5. The summed E-state index contributed by atoms with van der Waals surface area (Å²) in [4.78, 5) is 4.38. The van der Waals surface area contributed by atoms with Crippen molar-refractivity contribution in [3.8, 4) is 5.82 Å². The Hall–Kier alpha value is -2.54. The topological polar surface area (TPSA) is 73.5 Å². The van der Waals surface area contributed by atoms with Crippen LogP contribution < -0.4 is 5.32 Å². The maximum atomic E-state index is 4.50. The number of aryl methyl sites for hydroxylation is 1. The van der Waals surface area contributed by atoms with E-state index in [1.165, 1.54) is 18.4 Å². The van der Waals surface area contributed by atoms with Crippen LogP contribution in [0.25, 0.3) is 5.82 Å². The SMILES string of the molecule is Cc1c([C@@H](C)NCc2nnc3n2CCCC3)cnn1-c1ccccn1. The normalized spacial score (nSPS) is 15.1. The second-order valence-electron chi connectivity index (χ2n) is 6.53. The summed E-state index contributed by atoms with van der Waals surface area (Å²) in [7, 11) is 0. The molecule has 1 aliphatic heterocycles. The van der Waals surface area contributed by atoms with E-state index >= 15 is 0 Å². The molecule has 0 saturated heterocycles. The molecule has 0 fully saturated rings. The van der Waals surface area contributed by atoms with Gasteiger partial charge in [-0.25, -0.2) is 9.67 Å². The summed E-state index contributed by atoms with van der Waals surface area (Å²) < 4.78 is 4.14. The molecule has 4 heterocycles. The third-order valence-electron chi connectivity index (χ3n) is 4.88. The van der Waals surface area contributed by atoms with Crippen LogP contribution in [0.15, 0.2) is 30.6 Å². The van der Waals surface area contributed by atoms with Crippen molar-refractivity contribution in [2.75, 3.05) is 0 Å². The lowest BCUT2D eigenvalue weighted by atomic mass is 10.1. The van der Waals surface area contributed by atoms with Gasteiger partial charge in [-0.2, -0.15) is 5.10 Å². The van der Waals surface area contributed by atoms with Crippen LogP contribution in [-0.4, -0.2) is 29.5 Å². The molecule has 130 valence electrons. The van der Waals surface area contributed by atoms with Gasteiger partial charge in [-0.1, -0.05) is 6.07 Å². The van der Waals surface area contributed by atoms with Gasteiger partial charge in [0.05, 0.1) is 12.7 Å². The first-order valence-corrected chi connectivity index (χ1v) is 8.84. The zero-order valence-corrected chi connectivity index (χ0v) is 14.7. The molecule has 3 aromatic heterocycles. The van der Waals surface area contributed by atoms with Crippen molar-refractivity contribution in [1.82, 2.24) is 34.8 Å². The van der Waals surface area contributed by atoms with Gasteiger partial charge in [-0.05, 0) is 38.8 Å². The number of nitrogens with zero attached hydrogens (tertiary/aromatic N) is 6. The zero-order chi connectivity index (χ0) is 17.2. The monoisotopic (exact) mass is 337 g/mol. The van der Waals surface area contributed by atoms with E-state index in [2.05, 4.69) is 44.0 Å². The number of hydrogen-bond donors (Lipinski definition) is 1. The summed E-state index contributed by atoms with van der Waals surface area (Å²) >= 11 is 0. The summed E-state index contributed by atoms with van der Waals surface area (Å²) in [5.74, 6) is 2.98. The van der Waals surface area contributed by atoms with Crippen LogP contribution >= 0.6 is 0 Å². The Balaban J connectivity index is 1.48. The van der Waals surface area contributed by atoms with Crippen molar-refractivity contribution < 1.29 is 0 Å². The van der Waals surface area contributed by atoms with E-state index in [1.54, 1.807) is 6.20 Å². The number of nitrogens with one attached hydrogen (secondary N) is 1. The Labute approximate surface area is 147 Å². The van der Waals surface area contributed by atoms with Gasteiger partial charge < -0.3 is 9.88 Å². The van der Waals surface area contributed by atoms with Crippen LogP contribution in [0.1, 0.15) is 48.7 Å². The van der Waals surface area contributed by atoms with Crippen molar-refractivity contribution in [1.29, 1.82) is 0 Å². The average Bonchev–Trinajstić information content (AvgIpc) is 3.24. The fourth-order valence-corrected chi connectivity index (χ4v) is 3.41. The summed E-state index contributed by atoms with van der Waals surface area (Å²) in [6.07, 6.45) is 7.17. The Morgan fingerprint density at radius 3 is 3.00 bits per heavy atom. The summed E-state index contributed by atoms with van der Waals surface area (Å²) in [6.45, 7) is 5.97. The third kappa shape index (κ3) is 3.07. The molecule has 1 aliphatic rings. The van der Waals surface area contributed by atoms with Crippen molar-refractivity contribution in [3.63, 3.8) is 0 Å². The first-order valence-electron chi connectivity index (χ1n) is 8.84. The largest absolute Gasteiger partial charge is 0.314 e. The van der Waals surface area contributed by atoms with E-state index < -0.39 is 0 Å². The van der Waals surface area contributed by atoms with E-state index in [0.717, 1.165) is 36.1 Å². The average molecular weight is 337 g/mol. The lowest BCUT2D eigenvalue weighted by Gasteiger charge is -2.17. The van der Waals surface area contributed by atoms with Crippen molar-refractivity contribution in [2.45, 2.75) is 52.2 Å². The fourth-order valence-electron chi connectivity index (χ4n) is 3.41. The molecular formula is C18H23N7. The number of pyridine rings is 1. The van der Waals surface area contributed by atoms with Gasteiger partial charge in [-0.3, -0.25) is 0 Å². The smallest absolute Gasteiger partial charge is 0.153 e. The van der Waals surface area contributed by atoms with Crippen LogP contribution in [0.4, 0.5) is 0 Å². The van der Waals surface area contributed by atoms with E-state index in [-0.39, 0.29) is 6.04 Å². The summed E-state index contributed by atoms with van der Waals surface area (Å²) in [6, 6.07) is 6.02. The molecular weight excluding hydrogens is 314 g/mol. The minimum absolute atomic E-state index is 0.175. The van der Waals surface area contributed by atoms with Crippen molar-refractivity contribution in [2.24, 2.45) is 0 Å². The Morgan fingerprint density at radius 2 is 2.16 bits per heavy atom. The summed E-state index contributed by atoms with van der Waals surface area (Å²) in [5, 5.41) is 16.7. The van der Waals surface area contributed by atoms with E-state index in [4.69, 9.17) is 0 Å². The van der Waals surface area contributed by atoms with Crippen molar-refractivity contribution in [3.05, 3.63) is 53.5 Å². The standard InChI is InChI=1S/C18H23N7/c1-13(20-12-18-23-22-17-8-4-6-10-24(17)18)15-11-21-25(14(15)2)16-7-3-5-9-19-16/h3,5,7,9,11,13,20H,4,6,8,10,12H2,1-2H3/t13-/m1/s1. The maximum Gasteiger partial charge on any atom is 0.153 e. The predicted molar refractivity (Wildman–Crippen MR) is 94.3 cm³/mol. The highest BCUT2D eigenvalue weighted by atomic mass is 15.3. The fraction of sp³-hybridized carbons (Fsp3) is 0.444. The van der Waals surface area contributed by atoms with Gasteiger partial charge in [0.25, 0.3) is 0 Å². The molecule has 0 unspecified atom stereocenters. The lowest BCUT2D eigenvalue weighted by molar-refractivity contribution is 0.483. The van der Waals surface area contributed by atoms with Gasteiger partial charge >= 0.3 is 0 Å². The highest BCUT2D eigenvalue weighted by Gasteiger charge is 2.18. The molecule has 0 aliphatic carbocycles. The highest BCUT2D eigenvalue weighted by molar-refractivity contribution is 5.29. The van der Waals surface area contributed by atoms with Crippen LogP contribution in [0.5, 0.6) is 0 Å². The van der Waals surface area contributed by atoms with Crippen LogP contribution in [-0.2, 0) is 19.5 Å². The molecule has 4 rings (SSSR count). The molecule has 1 N–H and O–H groups in total. The van der Waals surface area contributed by atoms with Gasteiger partial charge in [-0.15, -0.1) is 10.2 Å². The molecule has 0 radical (unpaired) electrons. The van der Waals surface area contributed by atoms with Crippen LogP contribution in [0, 0.1) is 6.92 Å². The minimum atomic E-state index is 0.175. The number of aromatic nitrogens is 6. The Kier molecular flexibility index (Phi) is 4.31. The number of rotatable bonds is 5. The maximum absolute atomic E-state index is 4.50. The van der Waals surface area contributed by atoms with Gasteiger partial charge in [0.2, 0.25) is 0 Å². The van der Waals surface area contributed by atoms with Gasteiger partial charge in [0.1, 0.15) is 11.6 Å². The molecule has 0 bridgehead atoms. The second-order valence-corrected chi connectivity index (χ2v) is 6.53. The van der Waals surface area contributed by atoms with Crippen LogP contribution in [0.3, 0.4) is 0 Å². The first kappa shape index (κ1) is 16.0. The molecule has 0 aromatic carbocycles. The van der Waals surface area contributed by atoms with E-state index in [0.29, 0.717) is 6.54 Å². The Bertz CT molecular complexity index is 850. The second kappa shape index (κ2) is 6.76. The predicted octanol–water partition coefficient (Wildman–Crippen LogP) is 2.35. The highest BCUT2D eigenvalue weighted by Crippen LogP contribution is 2.20. The number of fused-ring (bicyclic) bond motifs is 1. The molecule has 7 heteroatoms. The molecule has 25 heavy (non-hydrogen) atoms. The Morgan fingerprint density at radius 1 is 1.24 bits per heavy atom. The van der Waals surface area contributed by atoms with Gasteiger partial charge in [0, 0.05) is 36.5 Å². The summed E-state index contributed by atoms with van der Waals surface area (Å²) in [5.41, 5.74) is 2.27. The first-order chi connectivity index (χ1) is 12.2. The lowest BCUT2D eigenvalue weighted by Crippen LogP contribution is -2.22. The molecule has 0 amide bonds. The molecule has 0 spiro atoms. The molecule has 0 saturated carbocycles. The van der Waals surface area contributed by atoms with Gasteiger partial charge in [0.15, 0.2) is 5.82 Å². The molecule has 7 nitrogen and oxygen atoms in total. The van der Waals surface area contributed by atoms with E-state index in [9.17, 15) is 0 Å². The minimum Gasteiger partial charge on any atom is -0.314 e. The third-order valence-corrected chi connectivity index (χ3v) is 4.88. The molecule has 1 atom stereocenters. The van der Waals surface area contributed by atoms with E-state index in [1.807, 2.05) is 29.1 Å². The zero-order valence-electron chi connectivity index (χ0n) is 14.7. The van der Waals surface area contributed by atoms with Crippen molar-refractivity contribution >= 4 is 0 Å². The quantitative estimate of drug-likeness (QED) is 0.774. The molecule has 3 aromatic rings. The van der Waals surface area contributed by atoms with Crippen LogP contribution in [0.2, 0.25) is 0 Å².